The summed E-state index contributed by atoms with van der Waals surface area (Å²) in [7, 11) is 0. The topological polar surface area (TPSA) is 98.3 Å². The van der Waals surface area contributed by atoms with E-state index in [1.54, 1.807) is 18.2 Å². The van der Waals surface area contributed by atoms with E-state index >= 15 is 0 Å². The largest absolute Gasteiger partial charge is 0.356 e. The molecule has 6 heteroatoms. The summed E-state index contributed by atoms with van der Waals surface area (Å²) >= 11 is 0. The Morgan fingerprint density at radius 3 is 2.61 bits per heavy atom. The minimum absolute atomic E-state index is 0.00376. The molecule has 1 amide bonds. The molecule has 23 heavy (non-hydrogen) atoms. The smallest absolute Gasteiger partial charge is 0.272 e. The lowest BCUT2D eigenvalue weighted by atomic mass is 9.71. The first-order valence-corrected chi connectivity index (χ1v) is 8.25. The number of carbonyl (C=O) groups is 1. The van der Waals surface area contributed by atoms with Crippen molar-refractivity contribution in [2.45, 2.75) is 44.9 Å². The Labute approximate surface area is 136 Å². The number of nitrogens with zero attached hydrogens (tertiary/aromatic N) is 1. The highest BCUT2D eigenvalue weighted by Gasteiger charge is 2.32. The highest BCUT2D eigenvalue weighted by Crippen LogP contribution is 2.38. The maximum Gasteiger partial charge on any atom is 0.272 e. The molecule has 3 N–H and O–H groups in total. The van der Waals surface area contributed by atoms with Gasteiger partial charge in [0.1, 0.15) is 0 Å². The molecular formula is C17H25N3O3. The van der Waals surface area contributed by atoms with Crippen molar-refractivity contribution in [3.05, 3.63) is 39.9 Å². The summed E-state index contributed by atoms with van der Waals surface area (Å²) in [6.07, 6.45) is 6.45. The molecular weight excluding hydrogens is 294 g/mol. The van der Waals surface area contributed by atoms with E-state index in [1.807, 2.05) is 0 Å². The van der Waals surface area contributed by atoms with E-state index in [0.717, 1.165) is 25.7 Å². The number of nitro benzene ring substituents is 1. The van der Waals surface area contributed by atoms with Crippen LogP contribution >= 0.6 is 0 Å². The number of nitrogens with one attached hydrogen (secondary N) is 1. The fraction of sp³-hybridized carbons (Fsp3) is 0.588. The van der Waals surface area contributed by atoms with E-state index in [0.29, 0.717) is 31.5 Å². The molecule has 2 rings (SSSR count). The number of benzene rings is 1. The third kappa shape index (κ3) is 4.76. The van der Waals surface area contributed by atoms with Crippen LogP contribution < -0.4 is 11.1 Å². The molecule has 0 aliphatic heterocycles. The molecule has 0 aromatic heterocycles. The van der Waals surface area contributed by atoms with Crippen LogP contribution in [0.5, 0.6) is 0 Å². The number of hydrogen-bond acceptors (Lipinski definition) is 4. The van der Waals surface area contributed by atoms with E-state index in [9.17, 15) is 14.9 Å². The summed E-state index contributed by atoms with van der Waals surface area (Å²) in [5, 5.41) is 13.9. The number of nitrogens with two attached hydrogens (primary N) is 1. The zero-order valence-electron chi connectivity index (χ0n) is 13.4. The predicted octanol–water partition coefficient (Wildman–Crippen LogP) is 2.55. The van der Waals surface area contributed by atoms with Crippen LogP contribution in [0.4, 0.5) is 5.69 Å². The summed E-state index contributed by atoms with van der Waals surface area (Å²) < 4.78 is 0. The van der Waals surface area contributed by atoms with Crippen molar-refractivity contribution < 1.29 is 9.72 Å². The van der Waals surface area contributed by atoms with Crippen molar-refractivity contribution in [2.24, 2.45) is 11.1 Å². The van der Waals surface area contributed by atoms with Crippen LogP contribution in [-0.4, -0.2) is 23.9 Å². The molecule has 6 nitrogen and oxygen atoms in total. The summed E-state index contributed by atoms with van der Waals surface area (Å²) in [6.45, 7) is 0.953. The second-order valence-electron chi connectivity index (χ2n) is 6.43. The lowest BCUT2D eigenvalue weighted by molar-refractivity contribution is -0.385. The van der Waals surface area contributed by atoms with E-state index in [4.69, 9.17) is 5.73 Å². The van der Waals surface area contributed by atoms with Crippen LogP contribution in [0.2, 0.25) is 0 Å². The summed E-state index contributed by atoms with van der Waals surface area (Å²) in [5.41, 5.74) is 6.60. The van der Waals surface area contributed by atoms with Gasteiger partial charge in [0.15, 0.2) is 0 Å². The standard InChI is InChI=1S/C17H25N3O3/c18-13-17(9-4-1-5-10-17)12-16(21)19-11-8-14-6-2-3-7-15(14)20(22)23/h2-3,6-7H,1,4-5,8-13,18H2,(H,19,21). The Balaban J connectivity index is 1.84. The molecule has 0 radical (unpaired) electrons. The van der Waals surface area contributed by atoms with Crippen LogP contribution in [0.1, 0.15) is 44.1 Å². The molecule has 126 valence electrons. The molecule has 1 fully saturated rings. The second-order valence-corrected chi connectivity index (χ2v) is 6.43. The predicted molar refractivity (Wildman–Crippen MR) is 89.0 cm³/mol. The number of hydrogen-bond donors (Lipinski definition) is 2. The van der Waals surface area contributed by atoms with Crippen molar-refractivity contribution in [2.75, 3.05) is 13.1 Å². The van der Waals surface area contributed by atoms with Gasteiger partial charge in [0.05, 0.1) is 4.92 Å². The van der Waals surface area contributed by atoms with Gasteiger partial charge >= 0.3 is 0 Å². The molecule has 0 atom stereocenters. The lowest BCUT2D eigenvalue weighted by Crippen LogP contribution is -2.39. The van der Waals surface area contributed by atoms with Gasteiger partial charge in [0.25, 0.3) is 5.69 Å². The van der Waals surface area contributed by atoms with Crippen LogP contribution in [0.15, 0.2) is 24.3 Å². The highest BCUT2D eigenvalue weighted by atomic mass is 16.6. The van der Waals surface area contributed by atoms with Gasteiger partial charge in [0.2, 0.25) is 5.91 Å². The summed E-state index contributed by atoms with van der Waals surface area (Å²) in [5.74, 6) is -0.00376. The van der Waals surface area contributed by atoms with Gasteiger partial charge in [-0.05, 0) is 31.2 Å². The highest BCUT2D eigenvalue weighted by molar-refractivity contribution is 5.76. The first-order chi connectivity index (χ1) is 11.1. The zero-order chi connectivity index (χ0) is 16.7. The number of amides is 1. The van der Waals surface area contributed by atoms with Crippen LogP contribution in [0, 0.1) is 15.5 Å². The third-order valence-electron chi connectivity index (χ3n) is 4.79. The number of rotatable bonds is 7. The van der Waals surface area contributed by atoms with Crippen LogP contribution in [-0.2, 0) is 11.2 Å². The van der Waals surface area contributed by atoms with Crippen LogP contribution in [0.3, 0.4) is 0 Å². The Hall–Kier alpha value is -1.95. The van der Waals surface area contributed by atoms with Gasteiger partial charge in [-0.3, -0.25) is 14.9 Å². The molecule has 0 spiro atoms. The zero-order valence-corrected chi connectivity index (χ0v) is 13.4. The van der Waals surface area contributed by atoms with Gasteiger partial charge in [-0.2, -0.15) is 0 Å². The molecule has 0 heterocycles. The summed E-state index contributed by atoms with van der Waals surface area (Å²) in [4.78, 5) is 22.8. The monoisotopic (exact) mass is 319 g/mol. The third-order valence-corrected chi connectivity index (χ3v) is 4.79. The van der Waals surface area contributed by atoms with E-state index in [2.05, 4.69) is 5.32 Å². The average molecular weight is 319 g/mol. The second kappa shape index (κ2) is 8.06. The van der Waals surface area contributed by atoms with E-state index in [-0.39, 0.29) is 21.9 Å². The van der Waals surface area contributed by atoms with Crippen molar-refractivity contribution in [3.8, 4) is 0 Å². The van der Waals surface area contributed by atoms with Gasteiger partial charge in [-0.15, -0.1) is 0 Å². The SMILES string of the molecule is NCC1(CC(=O)NCCc2ccccc2[N+](=O)[O-])CCCCC1. The van der Waals surface area contributed by atoms with E-state index in [1.165, 1.54) is 12.5 Å². The Kier molecular flexibility index (Phi) is 6.10. The number of carbonyl (C=O) groups excluding carboxylic acids is 1. The van der Waals surface area contributed by atoms with E-state index < -0.39 is 0 Å². The minimum Gasteiger partial charge on any atom is -0.356 e. The molecule has 1 aromatic rings. The fourth-order valence-corrected chi connectivity index (χ4v) is 3.39. The molecule has 0 bridgehead atoms. The fourth-order valence-electron chi connectivity index (χ4n) is 3.39. The molecule has 1 aromatic carbocycles. The average Bonchev–Trinajstić information content (AvgIpc) is 2.56. The molecule has 0 unspecified atom stereocenters. The molecule has 0 saturated heterocycles. The van der Waals surface area contributed by atoms with Crippen molar-refractivity contribution in [1.29, 1.82) is 0 Å². The van der Waals surface area contributed by atoms with Gasteiger partial charge < -0.3 is 11.1 Å². The first-order valence-electron chi connectivity index (χ1n) is 8.25. The first kappa shape index (κ1) is 17.4. The molecule has 1 aliphatic rings. The lowest BCUT2D eigenvalue weighted by Gasteiger charge is -2.35. The van der Waals surface area contributed by atoms with Crippen molar-refractivity contribution in [3.63, 3.8) is 0 Å². The Morgan fingerprint density at radius 2 is 1.96 bits per heavy atom. The minimum atomic E-state index is -0.386. The van der Waals surface area contributed by atoms with Gasteiger partial charge in [-0.25, -0.2) is 0 Å². The van der Waals surface area contributed by atoms with Gasteiger partial charge in [0, 0.05) is 24.6 Å². The normalized spacial score (nSPS) is 16.7. The number of nitro groups is 1. The summed E-state index contributed by atoms with van der Waals surface area (Å²) in [6, 6.07) is 6.64. The Bertz CT molecular complexity index is 554. The number of para-hydroxylation sites is 1. The molecule has 1 aliphatic carbocycles. The maximum absolute atomic E-state index is 12.2. The van der Waals surface area contributed by atoms with Crippen molar-refractivity contribution >= 4 is 11.6 Å². The van der Waals surface area contributed by atoms with Crippen LogP contribution in [0.25, 0.3) is 0 Å². The van der Waals surface area contributed by atoms with Gasteiger partial charge in [-0.1, -0.05) is 37.5 Å². The Morgan fingerprint density at radius 1 is 1.26 bits per heavy atom. The molecule has 1 saturated carbocycles. The quantitative estimate of drug-likeness (QED) is 0.596. The van der Waals surface area contributed by atoms with Crippen molar-refractivity contribution in [1.82, 2.24) is 5.32 Å². The maximum atomic E-state index is 12.2.